The number of ether oxygens (including phenoxy) is 1. The van der Waals surface area contributed by atoms with Gasteiger partial charge in [0.25, 0.3) is 0 Å². The molecule has 2 saturated heterocycles. The summed E-state index contributed by atoms with van der Waals surface area (Å²) >= 11 is 0. The van der Waals surface area contributed by atoms with E-state index in [0.717, 1.165) is 52.1 Å². The predicted octanol–water partition coefficient (Wildman–Crippen LogP) is 3.05. The van der Waals surface area contributed by atoms with E-state index in [1.807, 2.05) is 0 Å². The molecule has 1 amide bonds. The van der Waals surface area contributed by atoms with Crippen LogP contribution in [0.5, 0.6) is 0 Å². The van der Waals surface area contributed by atoms with Gasteiger partial charge in [0, 0.05) is 31.7 Å². The van der Waals surface area contributed by atoms with E-state index in [4.69, 9.17) is 4.74 Å². The molecule has 5 heteroatoms. The summed E-state index contributed by atoms with van der Waals surface area (Å²) < 4.78 is 5.61. The van der Waals surface area contributed by atoms with Crippen molar-refractivity contribution in [3.8, 4) is 0 Å². The Balaban J connectivity index is 0.00000196. The van der Waals surface area contributed by atoms with E-state index in [1.165, 1.54) is 24.8 Å². The first-order valence-electron chi connectivity index (χ1n) is 9.88. The Bertz CT molecular complexity index is 603. The van der Waals surface area contributed by atoms with E-state index in [-0.39, 0.29) is 29.1 Å². The largest absolute Gasteiger partial charge is 0.381 e. The van der Waals surface area contributed by atoms with Crippen LogP contribution in [0.3, 0.4) is 0 Å². The summed E-state index contributed by atoms with van der Waals surface area (Å²) in [6, 6.07) is 10.7. The molecule has 0 bridgehead atoms. The van der Waals surface area contributed by atoms with Gasteiger partial charge >= 0.3 is 0 Å². The smallest absolute Gasteiger partial charge is 0.227 e. The third-order valence-electron chi connectivity index (χ3n) is 6.91. The normalized spacial score (nSPS) is 30.1. The summed E-state index contributed by atoms with van der Waals surface area (Å²) in [6.07, 6.45) is 6.64. The van der Waals surface area contributed by atoms with Crippen LogP contribution in [0.2, 0.25) is 0 Å². The summed E-state index contributed by atoms with van der Waals surface area (Å²) in [6.45, 7) is 4.14. The maximum absolute atomic E-state index is 13.2. The molecule has 2 N–H and O–H groups in total. The molecule has 2 heterocycles. The molecule has 1 aromatic carbocycles. The van der Waals surface area contributed by atoms with Crippen molar-refractivity contribution in [2.75, 3.05) is 32.8 Å². The molecular weight excluding hydrogens is 348 g/mol. The van der Waals surface area contributed by atoms with Gasteiger partial charge in [-0.1, -0.05) is 43.2 Å². The summed E-state index contributed by atoms with van der Waals surface area (Å²) in [7, 11) is 0. The van der Waals surface area contributed by atoms with Gasteiger partial charge in [-0.25, -0.2) is 0 Å². The van der Waals surface area contributed by atoms with Crippen molar-refractivity contribution in [2.24, 2.45) is 11.3 Å². The number of carbonyl (C=O) groups is 1. The molecule has 3 fully saturated rings. The number of benzene rings is 1. The van der Waals surface area contributed by atoms with Crippen LogP contribution in [0.15, 0.2) is 30.3 Å². The molecule has 1 aliphatic carbocycles. The zero-order valence-electron chi connectivity index (χ0n) is 15.5. The second-order valence-electron chi connectivity index (χ2n) is 8.17. The van der Waals surface area contributed by atoms with E-state index >= 15 is 0 Å². The Kier molecular flexibility index (Phi) is 6.26. The van der Waals surface area contributed by atoms with Gasteiger partial charge in [0.2, 0.25) is 5.91 Å². The monoisotopic (exact) mass is 378 g/mol. The van der Waals surface area contributed by atoms with E-state index in [2.05, 4.69) is 41.0 Å². The minimum Gasteiger partial charge on any atom is -0.381 e. The molecule has 0 spiro atoms. The number of hydrogen-bond acceptors (Lipinski definition) is 3. The highest BCUT2D eigenvalue weighted by molar-refractivity contribution is 5.85. The van der Waals surface area contributed by atoms with Crippen molar-refractivity contribution in [2.45, 2.75) is 43.9 Å². The summed E-state index contributed by atoms with van der Waals surface area (Å²) in [4.78, 5) is 13.2. The Hall–Kier alpha value is -1.10. The highest BCUT2D eigenvalue weighted by Crippen LogP contribution is 2.44. The molecule has 1 saturated carbocycles. The molecule has 0 radical (unpaired) electrons. The van der Waals surface area contributed by atoms with Crippen molar-refractivity contribution in [3.63, 3.8) is 0 Å². The maximum atomic E-state index is 13.2. The van der Waals surface area contributed by atoms with Gasteiger partial charge in [0.05, 0.1) is 5.41 Å². The number of rotatable bonds is 4. The van der Waals surface area contributed by atoms with Crippen LogP contribution >= 0.6 is 12.4 Å². The minimum atomic E-state index is -0.165. The molecule has 144 valence electrons. The fourth-order valence-electron chi connectivity index (χ4n) is 5.24. The molecular formula is C21H31ClN2O2. The fourth-order valence-corrected chi connectivity index (χ4v) is 5.24. The lowest BCUT2D eigenvalue weighted by Gasteiger charge is -2.41. The molecule has 2 aliphatic heterocycles. The first kappa shape index (κ1) is 19.7. The Morgan fingerprint density at radius 1 is 1.15 bits per heavy atom. The van der Waals surface area contributed by atoms with Crippen LogP contribution in [0.25, 0.3) is 0 Å². The second-order valence-corrected chi connectivity index (χ2v) is 8.17. The zero-order valence-corrected chi connectivity index (χ0v) is 16.3. The van der Waals surface area contributed by atoms with Crippen LogP contribution < -0.4 is 10.6 Å². The van der Waals surface area contributed by atoms with E-state index in [0.29, 0.717) is 5.92 Å². The number of fused-ring (bicyclic) bond motifs is 1. The van der Waals surface area contributed by atoms with Gasteiger partial charge in [-0.15, -0.1) is 12.4 Å². The van der Waals surface area contributed by atoms with Crippen LogP contribution in [0, 0.1) is 11.3 Å². The van der Waals surface area contributed by atoms with Crippen molar-refractivity contribution in [1.82, 2.24) is 10.6 Å². The molecule has 1 aromatic rings. The van der Waals surface area contributed by atoms with Gasteiger partial charge in [0.15, 0.2) is 0 Å². The van der Waals surface area contributed by atoms with Crippen LogP contribution in [-0.4, -0.2) is 38.8 Å². The molecule has 26 heavy (non-hydrogen) atoms. The van der Waals surface area contributed by atoms with E-state index in [1.54, 1.807) is 0 Å². The molecule has 4 nitrogen and oxygen atoms in total. The lowest BCUT2D eigenvalue weighted by atomic mass is 9.67. The van der Waals surface area contributed by atoms with Crippen molar-refractivity contribution in [1.29, 1.82) is 0 Å². The third kappa shape index (κ3) is 3.51. The third-order valence-corrected chi connectivity index (χ3v) is 6.91. The van der Waals surface area contributed by atoms with E-state index in [9.17, 15) is 4.79 Å². The fraction of sp³-hybridized carbons (Fsp3) is 0.667. The topological polar surface area (TPSA) is 50.4 Å². The quantitative estimate of drug-likeness (QED) is 0.846. The van der Waals surface area contributed by atoms with Crippen molar-refractivity contribution in [3.05, 3.63) is 35.9 Å². The number of hydrogen-bond donors (Lipinski definition) is 2. The zero-order chi connectivity index (χ0) is 17.2. The summed E-state index contributed by atoms with van der Waals surface area (Å²) in [5, 5.41) is 6.87. The SMILES string of the molecule is Cl.O=C(NCC1(c2ccccc2)CCOCC1)[C@@]12CCCC[C@H]1CNC2. The summed E-state index contributed by atoms with van der Waals surface area (Å²) in [5.74, 6) is 0.799. The van der Waals surface area contributed by atoms with Crippen LogP contribution in [0.1, 0.15) is 44.1 Å². The molecule has 4 rings (SSSR count). The van der Waals surface area contributed by atoms with Gasteiger partial charge in [-0.3, -0.25) is 4.79 Å². The predicted molar refractivity (Wildman–Crippen MR) is 106 cm³/mol. The number of halogens is 1. The highest BCUT2D eigenvalue weighted by Gasteiger charge is 2.50. The van der Waals surface area contributed by atoms with Crippen LogP contribution in [-0.2, 0) is 14.9 Å². The number of carbonyl (C=O) groups excluding carboxylic acids is 1. The molecule has 0 aromatic heterocycles. The standard InChI is InChI=1S/C21H30N2O2.ClH/c24-19(21-9-5-4-8-18(21)14-22-16-21)23-15-20(10-12-25-13-11-20)17-6-2-1-3-7-17;/h1-3,6-7,18,22H,4-5,8-16H2,(H,23,24);1H/t18-,21+;/m0./s1. The average molecular weight is 379 g/mol. The Morgan fingerprint density at radius 2 is 1.92 bits per heavy atom. The minimum absolute atomic E-state index is 0. The second kappa shape index (κ2) is 8.28. The average Bonchev–Trinajstić information content (AvgIpc) is 3.13. The van der Waals surface area contributed by atoms with Crippen molar-refractivity contribution >= 4 is 18.3 Å². The molecule has 2 atom stereocenters. The Morgan fingerprint density at radius 3 is 2.69 bits per heavy atom. The summed E-state index contributed by atoms with van der Waals surface area (Å²) in [5.41, 5.74) is 1.18. The lowest BCUT2D eigenvalue weighted by Crippen LogP contribution is -2.52. The lowest BCUT2D eigenvalue weighted by molar-refractivity contribution is -0.134. The van der Waals surface area contributed by atoms with Gasteiger partial charge in [-0.05, 0) is 43.7 Å². The van der Waals surface area contributed by atoms with Crippen LogP contribution in [0.4, 0.5) is 0 Å². The van der Waals surface area contributed by atoms with Crippen molar-refractivity contribution < 1.29 is 9.53 Å². The highest BCUT2D eigenvalue weighted by atomic mass is 35.5. The van der Waals surface area contributed by atoms with Gasteiger partial charge < -0.3 is 15.4 Å². The Labute approximate surface area is 162 Å². The maximum Gasteiger partial charge on any atom is 0.227 e. The van der Waals surface area contributed by atoms with Gasteiger partial charge in [-0.2, -0.15) is 0 Å². The van der Waals surface area contributed by atoms with E-state index < -0.39 is 0 Å². The number of nitrogens with one attached hydrogen (secondary N) is 2. The first-order chi connectivity index (χ1) is 12.3. The van der Waals surface area contributed by atoms with Gasteiger partial charge in [0.1, 0.15) is 0 Å². The molecule has 0 unspecified atom stereocenters. The number of amides is 1. The first-order valence-corrected chi connectivity index (χ1v) is 9.88. The molecule has 3 aliphatic rings.